The maximum atomic E-state index is 13.8. The number of nitrogens with zero attached hydrogens (tertiary/aromatic N) is 8. The molecule has 3 aliphatic rings. The average molecular weight is 858 g/mol. The van der Waals surface area contributed by atoms with Gasteiger partial charge in [-0.25, -0.2) is 24.3 Å². The number of anilines is 3. The Bertz CT molecular complexity index is 2320. The highest BCUT2D eigenvalue weighted by Gasteiger charge is 2.66. The van der Waals surface area contributed by atoms with Crippen LogP contribution in [0.1, 0.15) is 36.4 Å². The lowest BCUT2D eigenvalue weighted by molar-refractivity contribution is -0.160. The van der Waals surface area contributed by atoms with Gasteiger partial charge < -0.3 is 35.4 Å². The number of morpholine rings is 1. The van der Waals surface area contributed by atoms with Gasteiger partial charge in [-0.15, -0.1) is 5.10 Å². The van der Waals surface area contributed by atoms with E-state index in [9.17, 15) is 43.8 Å². The van der Waals surface area contributed by atoms with Gasteiger partial charge in [0.1, 0.15) is 12.4 Å². The van der Waals surface area contributed by atoms with Gasteiger partial charge in [0, 0.05) is 54.8 Å². The van der Waals surface area contributed by atoms with E-state index < -0.39 is 35.6 Å². The number of aromatic nitrogens is 4. The van der Waals surface area contributed by atoms with Crippen molar-refractivity contribution in [3.63, 3.8) is 0 Å². The van der Waals surface area contributed by atoms with Crippen molar-refractivity contribution >= 4 is 70.8 Å². The van der Waals surface area contributed by atoms with Crippen molar-refractivity contribution in [2.75, 3.05) is 55.0 Å². The molecule has 0 spiro atoms. The SMILES string of the molecule is O=CC(=O)N(Nc1cc(Cl)ccc1-n1cnnn1)C1(C(=O)O)C(NC(=O)CCc2ccc(NC(=O)N3CCC(C(=O)N4CCOCC4)CC3)cc2)c2ccccc2N1C(=O)O. The lowest BCUT2D eigenvalue weighted by atomic mass is 9.95. The van der Waals surface area contributed by atoms with Crippen molar-refractivity contribution in [2.24, 2.45) is 5.92 Å². The summed E-state index contributed by atoms with van der Waals surface area (Å²) in [5.41, 5.74) is 0.584. The summed E-state index contributed by atoms with van der Waals surface area (Å²) in [6, 6.07) is 14.5. The third-order valence-corrected chi connectivity index (χ3v) is 11.0. The highest BCUT2D eigenvalue weighted by molar-refractivity contribution is 6.31. The van der Waals surface area contributed by atoms with Crippen molar-refractivity contribution in [3.05, 3.63) is 89.2 Å². The molecule has 0 radical (unpaired) electrons. The van der Waals surface area contributed by atoms with Crippen LogP contribution in [-0.4, -0.2) is 132 Å². The number of piperidine rings is 1. The van der Waals surface area contributed by atoms with Crippen molar-refractivity contribution in [2.45, 2.75) is 37.4 Å². The predicted octanol–water partition coefficient (Wildman–Crippen LogP) is 2.54. The number of ether oxygens (including phenoxy) is 1. The van der Waals surface area contributed by atoms with Crippen LogP contribution in [0, 0.1) is 5.92 Å². The van der Waals surface area contributed by atoms with E-state index in [2.05, 4.69) is 31.6 Å². The van der Waals surface area contributed by atoms with E-state index in [0.29, 0.717) is 73.4 Å². The number of likely N-dealkylation sites (tertiary alicyclic amines) is 1. The molecular weight excluding hydrogens is 818 g/mol. The number of aldehydes is 1. The lowest BCUT2D eigenvalue weighted by Gasteiger charge is -2.44. The van der Waals surface area contributed by atoms with Crippen LogP contribution in [-0.2, 0) is 35.1 Å². The van der Waals surface area contributed by atoms with Crippen LogP contribution in [0.15, 0.2) is 73.1 Å². The van der Waals surface area contributed by atoms with Gasteiger partial charge in [-0.1, -0.05) is 41.9 Å². The molecule has 2 unspecified atom stereocenters. The van der Waals surface area contributed by atoms with E-state index in [-0.39, 0.29) is 64.6 Å². The highest BCUT2D eigenvalue weighted by Crippen LogP contribution is 2.49. The monoisotopic (exact) mass is 857 g/mol. The first kappa shape index (κ1) is 42.0. The molecule has 1 aromatic heterocycles. The summed E-state index contributed by atoms with van der Waals surface area (Å²) in [5, 5.41) is 38.6. The molecule has 2 fully saturated rings. The van der Waals surface area contributed by atoms with E-state index in [1.807, 2.05) is 4.90 Å². The molecule has 3 aliphatic heterocycles. The molecule has 318 valence electrons. The molecule has 22 heteroatoms. The standard InChI is InChI=1S/C39H40ClN11O10/c40-26-8-11-31(49-23-41-45-46-49)29(21-26)44-51(33(54)22-52)39(36(56)57)34(28-3-1-2-4-30(28)50(39)38(59)60)43-32(53)12-7-24-5-9-27(10-6-24)42-37(58)48-15-13-25(14-16-48)35(55)47-17-19-61-20-18-47/h1-6,8-11,21-23,25,34,44H,7,12-20H2,(H,42,58)(H,43,53)(H,56,57)(H,59,60). The first-order chi connectivity index (χ1) is 29.4. The zero-order valence-corrected chi connectivity index (χ0v) is 33.1. The number of benzene rings is 3. The Kier molecular flexibility index (Phi) is 12.4. The number of rotatable bonds is 12. The summed E-state index contributed by atoms with van der Waals surface area (Å²) in [7, 11) is 0. The summed E-state index contributed by atoms with van der Waals surface area (Å²) < 4.78 is 6.49. The summed E-state index contributed by atoms with van der Waals surface area (Å²) in [4.78, 5) is 96.2. The first-order valence-electron chi connectivity index (χ1n) is 19.2. The molecule has 21 nitrogen and oxygen atoms in total. The molecule has 3 aromatic carbocycles. The van der Waals surface area contributed by atoms with Gasteiger partial charge in [0.25, 0.3) is 5.66 Å². The number of carbonyl (C=O) groups excluding carboxylic acids is 5. The largest absolute Gasteiger partial charge is 0.478 e. The number of fused-ring (bicyclic) bond motifs is 1. The number of halogens is 1. The van der Waals surface area contributed by atoms with Crippen molar-refractivity contribution in [1.82, 2.24) is 40.3 Å². The maximum Gasteiger partial charge on any atom is 0.414 e. The molecule has 2 atom stereocenters. The number of urea groups is 1. The molecule has 0 aliphatic carbocycles. The minimum absolute atomic E-state index is 0.0194. The Morgan fingerprint density at radius 1 is 0.918 bits per heavy atom. The minimum Gasteiger partial charge on any atom is -0.478 e. The molecule has 5 N–H and O–H groups in total. The number of para-hydroxylation sites is 1. The molecule has 6 amide bonds. The number of hydrogen-bond donors (Lipinski definition) is 5. The van der Waals surface area contributed by atoms with Gasteiger partial charge in [0.05, 0.1) is 30.3 Å². The fourth-order valence-corrected chi connectivity index (χ4v) is 7.98. The number of tetrazole rings is 1. The lowest BCUT2D eigenvalue weighted by Crippen LogP contribution is -2.72. The Morgan fingerprint density at radius 3 is 2.30 bits per heavy atom. The Labute approximate surface area is 352 Å². The number of carboxylic acids is 1. The number of aryl methyl sites for hydroxylation is 1. The summed E-state index contributed by atoms with van der Waals surface area (Å²) in [5.74, 6) is -4.20. The second-order valence-corrected chi connectivity index (χ2v) is 14.8. The molecule has 7 rings (SSSR count). The van der Waals surface area contributed by atoms with Crippen LogP contribution < -0.4 is 21.0 Å². The van der Waals surface area contributed by atoms with Crippen LogP contribution in [0.25, 0.3) is 5.69 Å². The van der Waals surface area contributed by atoms with Crippen LogP contribution in [0.4, 0.5) is 26.7 Å². The quantitative estimate of drug-likeness (QED) is 0.0780. The van der Waals surface area contributed by atoms with Crippen LogP contribution in [0.5, 0.6) is 0 Å². The number of hydrazine groups is 1. The molecular formula is C39H40ClN11O10. The van der Waals surface area contributed by atoms with Gasteiger partial charge in [0.15, 0.2) is 0 Å². The summed E-state index contributed by atoms with van der Waals surface area (Å²) in [6.07, 6.45) is 0.201. The minimum atomic E-state index is -3.04. The van der Waals surface area contributed by atoms with Crippen LogP contribution in [0.3, 0.4) is 0 Å². The number of nitrogens with one attached hydrogen (secondary N) is 3. The molecule has 0 bridgehead atoms. The molecule has 4 heterocycles. The number of aliphatic carboxylic acids is 1. The van der Waals surface area contributed by atoms with Gasteiger partial charge in [-0.3, -0.25) is 24.6 Å². The molecule has 61 heavy (non-hydrogen) atoms. The van der Waals surface area contributed by atoms with E-state index in [4.69, 9.17) is 16.3 Å². The van der Waals surface area contributed by atoms with Crippen molar-refractivity contribution in [3.8, 4) is 5.69 Å². The van der Waals surface area contributed by atoms with Crippen LogP contribution in [0.2, 0.25) is 5.02 Å². The van der Waals surface area contributed by atoms with E-state index in [1.54, 1.807) is 29.2 Å². The summed E-state index contributed by atoms with van der Waals surface area (Å²) >= 11 is 6.28. The second kappa shape index (κ2) is 18.0. The molecule has 0 saturated carbocycles. The first-order valence-corrected chi connectivity index (χ1v) is 19.5. The van der Waals surface area contributed by atoms with E-state index in [1.165, 1.54) is 48.8 Å². The molecule has 2 saturated heterocycles. The zero-order valence-electron chi connectivity index (χ0n) is 32.3. The summed E-state index contributed by atoms with van der Waals surface area (Å²) in [6.45, 7) is 3.06. The van der Waals surface area contributed by atoms with Crippen molar-refractivity contribution in [1.29, 1.82) is 0 Å². The van der Waals surface area contributed by atoms with Gasteiger partial charge in [-0.05, 0) is 71.7 Å². The van der Waals surface area contributed by atoms with Crippen LogP contribution >= 0.6 is 11.6 Å². The third-order valence-electron chi connectivity index (χ3n) is 10.8. The Morgan fingerprint density at radius 2 is 1.64 bits per heavy atom. The van der Waals surface area contributed by atoms with Crippen molar-refractivity contribution < 1.29 is 48.5 Å². The topological polar surface area (TPSA) is 262 Å². The van der Waals surface area contributed by atoms with Gasteiger partial charge in [0.2, 0.25) is 18.1 Å². The maximum absolute atomic E-state index is 13.8. The second-order valence-electron chi connectivity index (χ2n) is 14.4. The Balaban J connectivity index is 1.07. The number of carboxylic acid groups (broad SMARTS) is 2. The number of carbonyl (C=O) groups is 7. The van der Waals surface area contributed by atoms with Gasteiger partial charge >= 0.3 is 24.0 Å². The van der Waals surface area contributed by atoms with E-state index in [0.717, 1.165) is 4.68 Å². The zero-order chi connectivity index (χ0) is 43.3. The third kappa shape index (κ3) is 8.50. The molecule has 4 aromatic rings. The average Bonchev–Trinajstić information content (AvgIpc) is 3.91. The number of hydrogen-bond acceptors (Lipinski definition) is 12. The predicted molar refractivity (Wildman–Crippen MR) is 214 cm³/mol. The highest BCUT2D eigenvalue weighted by atomic mass is 35.5. The fraction of sp³-hybridized carbons (Fsp3) is 0.333. The van der Waals surface area contributed by atoms with Gasteiger partial charge in [-0.2, -0.15) is 4.68 Å². The normalized spacial score (nSPS) is 18.8. The Hall–Kier alpha value is -7.13. The fourth-order valence-electron chi connectivity index (χ4n) is 7.81. The smallest absolute Gasteiger partial charge is 0.414 e. The number of amides is 6. The van der Waals surface area contributed by atoms with E-state index >= 15 is 0 Å².